The molecule has 4 heteroatoms. The Hall–Kier alpha value is -2.39. The number of carbonyl (C=O) groups excluding carboxylic acids is 1. The van der Waals surface area contributed by atoms with Crippen LogP contribution >= 0.6 is 11.6 Å². The van der Waals surface area contributed by atoms with E-state index in [1.54, 1.807) is 0 Å². The topological polar surface area (TPSA) is 33.2 Å². The van der Waals surface area contributed by atoms with Gasteiger partial charge in [0.1, 0.15) is 5.15 Å². The predicted molar refractivity (Wildman–Crippen MR) is 116 cm³/mol. The Labute approximate surface area is 172 Å². The predicted octanol–water partition coefficient (Wildman–Crippen LogP) is 5.90. The zero-order valence-electron chi connectivity index (χ0n) is 16.8. The quantitative estimate of drug-likeness (QED) is 0.488. The van der Waals surface area contributed by atoms with Crippen LogP contribution in [0.3, 0.4) is 0 Å². The highest BCUT2D eigenvalue weighted by atomic mass is 35.5. The van der Waals surface area contributed by atoms with Gasteiger partial charge in [-0.15, -0.1) is 0 Å². The van der Waals surface area contributed by atoms with E-state index in [1.165, 1.54) is 5.56 Å². The van der Waals surface area contributed by atoms with Crippen molar-refractivity contribution in [3.63, 3.8) is 0 Å². The third kappa shape index (κ3) is 5.56. The van der Waals surface area contributed by atoms with E-state index in [-0.39, 0.29) is 11.3 Å². The van der Waals surface area contributed by atoms with E-state index in [1.807, 2.05) is 53.4 Å². The Morgan fingerprint density at radius 3 is 2.43 bits per heavy atom. The number of carbonyl (C=O) groups is 1. The van der Waals surface area contributed by atoms with Crippen LogP contribution in [0.5, 0.6) is 0 Å². The van der Waals surface area contributed by atoms with Gasteiger partial charge in [-0.05, 0) is 29.5 Å². The number of nitrogens with zero attached hydrogens (tertiary/aromatic N) is 2. The first-order chi connectivity index (χ1) is 13.3. The van der Waals surface area contributed by atoms with Gasteiger partial charge in [-0.2, -0.15) is 0 Å². The number of rotatable bonds is 6. The molecule has 1 aromatic heterocycles. The second-order valence-corrected chi connectivity index (χ2v) is 8.78. The number of aromatic nitrogens is 1. The van der Waals surface area contributed by atoms with E-state index in [2.05, 4.69) is 37.9 Å². The van der Waals surface area contributed by atoms with Gasteiger partial charge in [0.25, 0.3) is 0 Å². The van der Waals surface area contributed by atoms with Gasteiger partial charge in [0.05, 0.1) is 5.52 Å². The van der Waals surface area contributed by atoms with Crippen LogP contribution in [0.4, 0.5) is 0 Å². The van der Waals surface area contributed by atoms with E-state index in [4.69, 9.17) is 11.6 Å². The summed E-state index contributed by atoms with van der Waals surface area (Å²) in [6, 6.07) is 20.2. The minimum atomic E-state index is -0.0620. The SMILES string of the molecule is CC(C)(C)CC(=O)N(CCc1ccccc1)Cc1cc2ccccc2nc1Cl. The number of pyridine rings is 1. The van der Waals surface area contributed by atoms with Crippen LogP contribution in [-0.4, -0.2) is 22.3 Å². The summed E-state index contributed by atoms with van der Waals surface area (Å²) in [5.74, 6) is 0.146. The van der Waals surface area contributed by atoms with Crippen molar-refractivity contribution in [1.82, 2.24) is 9.88 Å². The molecule has 3 aromatic rings. The smallest absolute Gasteiger partial charge is 0.223 e. The summed E-state index contributed by atoms with van der Waals surface area (Å²) in [5.41, 5.74) is 2.91. The fraction of sp³-hybridized carbons (Fsp3) is 0.333. The maximum Gasteiger partial charge on any atom is 0.223 e. The molecule has 0 aliphatic rings. The van der Waals surface area contributed by atoms with Crippen LogP contribution in [0.2, 0.25) is 5.15 Å². The lowest BCUT2D eigenvalue weighted by Crippen LogP contribution is -2.35. The summed E-state index contributed by atoms with van der Waals surface area (Å²) in [7, 11) is 0. The molecule has 0 N–H and O–H groups in total. The molecule has 3 rings (SSSR count). The van der Waals surface area contributed by atoms with Crippen LogP contribution in [0.1, 0.15) is 38.3 Å². The molecular weight excluding hydrogens is 368 g/mol. The van der Waals surface area contributed by atoms with Crippen LogP contribution in [0.15, 0.2) is 60.7 Å². The van der Waals surface area contributed by atoms with Crippen LogP contribution in [-0.2, 0) is 17.8 Å². The van der Waals surface area contributed by atoms with Crippen molar-refractivity contribution in [2.45, 2.75) is 40.2 Å². The molecule has 0 spiro atoms. The number of amides is 1. The highest BCUT2D eigenvalue weighted by Crippen LogP contribution is 2.24. The Morgan fingerprint density at radius 2 is 1.71 bits per heavy atom. The zero-order chi connectivity index (χ0) is 20.1. The lowest BCUT2D eigenvalue weighted by molar-refractivity contribution is -0.133. The van der Waals surface area contributed by atoms with Crippen LogP contribution in [0.25, 0.3) is 10.9 Å². The standard InChI is InChI=1S/C24H27ClN2O/c1-24(2,3)16-22(28)27(14-13-18-9-5-4-6-10-18)17-20-15-19-11-7-8-12-21(19)26-23(20)25/h4-12,15H,13-14,16-17H2,1-3H3. The van der Waals surface area contributed by atoms with E-state index >= 15 is 0 Å². The zero-order valence-corrected chi connectivity index (χ0v) is 17.5. The van der Waals surface area contributed by atoms with Gasteiger partial charge in [0, 0.05) is 30.5 Å². The fourth-order valence-corrected chi connectivity index (χ4v) is 3.42. The normalized spacial score (nSPS) is 11.6. The summed E-state index contributed by atoms with van der Waals surface area (Å²) in [4.78, 5) is 19.4. The number of hydrogen-bond acceptors (Lipinski definition) is 2. The highest BCUT2D eigenvalue weighted by Gasteiger charge is 2.22. The number of para-hydroxylation sites is 1. The number of hydrogen-bond donors (Lipinski definition) is 0. The third-order valence-corrected chi connectivity index (χ3v) is 4.99. The Morgan fingerprint density at radius 1 is 1.04 bits per heavy atom. The Balaban J connectivity index is 1.83. The average molecular weight is 395 g/mol. The van der Waals surface area contributed by atoms with E-state index in [9.17, 15) is 4.79 Å². The molecule has 0 radical (unpaired) electrons. The molecule has 0 fully saturated rings. The third-order valence-electron chi connectivity index (χ3n) is 4.66. The van der Waals surface area contributed by atoms with Crippen LogP contribution in [0, 0.1) is 5.41 Å². The van der Waals surface area contributed by atoms with Crippen molar-refractivity contribution in [3.05, 3.63) is 76.9 Å². The molecule has 0 saturated carbocycles. The van der Waals surface area contributed by atoms with Gasteiger partial charge in [-0.3, -0.25) is 4.79 Å². The molecule has 28 heavy (non-hydrogen) atoms. The molecule has 0 unspecified atom stereocenters. The van der Waals surface area contributed by atoms with Crippen molar-refractivity contribution in [2.24, 2.45) is 5.41 Å². The second-order valence-electron chi connectivity index (χ2n) is 8.42. The molecular formula is C24H27ClN2O. The largest absolute Gasteiger partial charge is 0.338 e. The van der Waals surface area contributed by atoms with Gasteiger partial charge >= 0.3 is 0 Å². The van der Waals surface area contributed by atoms with Gasteiger partial charge in [0.15, 0.2) is 0 Å². The number of halogens is 1. The van der Waals surface area contributed by atoms with E-state index in [0.29, 0.717) is 24.7 Å². The minimum Gasteiger partial charge on any atom is -0.338 e. The molecule has 0 aliphatic heterocycles. The molecule has 0 saturated heterocycles. The first-order valence-corrected chi connectivity index (χ1v) is 10.1. The van der Waals surface area contributed by atoms with Crippen molar-refractivity contribution >= 4 is 28.4 Å². The summed E-state index contributed by atoms with van der Waals surface area (Å²) < 4.78 is 0. The van der Waals surface area contributed by atoms with Gasteiger partial charge in [-0.1, -0.05) is 80.9 Å². The molecule has 0 atom stereocenters. The number of benzene rings is 2. The van der Waals surface area contributed by atoms with E-state index < -0.39 is 0 Å². The maximum atomic E-state index is 13.0. The molecule has 146 valence electrons. The lowest BCUT2D eigenvalue weighted by Gasteiger charge is -2.27. The Kier molecular flexibility index (Phi) is 6.35. The number of fused-ring (bicyclic) bond motifs is 1. The lowest BCUT2D eigenvalue weighted by atomic mass is 9.91. The van der Waals surface area contributed by atoms with Gasteiger partial charge in [-0.25, -0.2) is 4.98 Å². The summed E-state index contributed by atoms with van der Waals surface area (Å²) in [5, 5.41) is 1.50. The van der Waals surface area contributed by atoms with Crippen molar-refractivity contribution in [2.75, 3.05) is 6.54 Å². The summed E-state index contributed by atoms with van der Waals surface area (Å²) >= 11 is 6.45. The molecule has 0 aliphatic carbocycles. The molecule has 0 bridgehead atoms. The van der Waals surface area contributed by atoms with E-state index in [0.717, 1.165) is 22.9 Å². The molecule has 1 amide bonds. The first-order valence-electron chi connectivity index (χ1n) is 9.68. The summed E-state index contributed by atoms with van der Waals surface area (Å²) in [6.07, 6.45) is 1.32. The summed E-state index contributed by atoms with van der Waals surface area (Å²) in [6.45, 7) is 7.39. The molecule has 3 nitrogen and oxygen atoms in total. The van der Waals surface area contributed by atoms with Gasteiger partial charge < -0.3 is 4.90 Å². The Bertz CT molecular complexity index is 948. The van der Waals surface area contributed by atoms with Crippen molar-refractivity contribution in [1.29, 1.82) is 0 Å². The monoisotopic (exact) mass is 394 g/mol. The van der Waals surface area contributed by atoms with Crippen molar-refractivity contribution < 1.29 is 4.79 Å². The molecule has 2 aromatic carbocycles. The van der Waals surface area contributed by atoms with Crippen molar-refractivity contribution in [3.8, 4) is 0 Å². The second kappa shape index (κ2) is 8.74. The minimum absolute atomic E-state index is 0.0620. The first kappa shape index (κ1) is 20.3. The highest BCUT2D eigenvalue weighted by molar-refractivity contribution is 6.30. The maximum absolute atomic E-state index is 13.0. The molecule has 1 heterocycles. The average Bonchev–Trinajstić information content (AvgIpc) is 2.64. The van der Waals surface area contributed by atoms with Crippen LogP contribution < -0.4 is 0 Å². The fourth-order valence-electron chi connectivity index (χ4n) is 3.22. The van der Waals surface area contributed by atoms with Gasteiger partial charge in [0.2, 0.25) is 5.91 Å².